The summed E-state index contributed by atoms with van der Waals surface area (Å²) in [6.07, 6.45) is 1.38. The van der Waals surface area contributed by atoms with Crippen LogP contribution >= 0.6 is 0 Å². The van der Waals surface area contributed by atoms with Crippen molar-refractivity contribution in [2.24, 2.45) is 0 Å². The van der Waals surface area contributed by atoms with Crippen LogP contribution in [-0.4, -0.2) is 28.0 Å². The van der Waals surface area contributed by atoms with Crippen LogP contribution in [0.25, 0.3) is 11.1 Å². The van der Waals surface area contributed by atoms with Gasteiger partial charge in [-0.2, -0.15) is 0 Å². The van der Waals surface area contributed by atoms with Gasteiger partial charge < -0.3 is 14.8 Å². The molecule has 1 aromatic heterocycles. The molecule has 2 aromatic carbocycles. The van der Waals surface area contributed by atoms with E-state index >= 15 is 0 Å². The number of oxazole rings is 1. The Labute approximate surface area is 143 Å². The topological polar surface area (TPSA) is 92.4 Å². The van der Waals surface area contributed by atoms with Gasteiger partial charge in [0.15, 0.2) is 5.58 Å². The van der Waals surface area contributed by atoms with E-state index in [0.717, 1.165) is 12.8 Å². The molecule has 0 aliphatic heterocycles. The van der Waals surface area contributed by atoms with Crippen LogP contribution in [0.5, 0.6) is 0 Å². The number of carboxylic acid groups (broad SMARTS) is 1. The highest BCUT2D eigenvalue weighted by Crippen LogP contribution is 2.22. The molecule has 0 saturated carbocycles. The van der Waals surface area contributed by atoms with E-state index in [-0.39, 0.29) is 24.3 Å². The van der Waals surface area contributed by atoms with E-state index in [2.05, 4.69) is 22.4 Å². The van der Waals surface area contributed by atoms with Crippen molar-refractivity contribution in [1.82, 2.24) is 10.3 Å². The van der Waals surface area contributed by atoms with Crippen LogP contribution in [0, 0.1) is 0 Å². The Morgan fingerprint density at radius 3 is 2.56 bits per heavy atom. The zero-order chi connectivity index (χ0) is 17.4. The van der Waals surface area contributed by atoms with Crippen molar-refractivity contribution in [3.63, 3.8) is 0 Å². The van der Waals surface area contributed by atoms with Gasteiger partial charge in [-0.25, -0.2) is 4.98 Å². The first-order valence-corrected chi connectivity index (χ1v) is 8.07. The molecule has 3 aromatic rings. The summed E-state index contributed by atoms with van der Waals surface area (Å²) in [5.41, 5.74) is 3.99. The maximum Gasteiger partial charge on any atom is 0.312 e. The number of amides is 1. The lowest BCUT2D eigenvalue weighted by molar-refractivity contribution is -0.136. The van der Waals surface area contributed by atoms with Crippen LogP contribution in [-0.2, 0) is 24.1 Å². The molecule has 1 aliphatic rings. The van der Waals surface area contributed by atoms with Crippen molar-refractivity contribution < 1.29 is 19.1 Å². The van der Waals surface area contributed by atoms with Gasteiger partial charge in [0.25, 0.3) is 5.91 Å². The van der Waals surface area contributed by atoms with Gasteiger partial charge in [0, 0.05) is 11.6 Å². The summed E-state index contributed by atoms with van der Waals surface area (Å²) in [4.78, 5) is 27.4. The summed E-state index contributed by atoms with van der Waals surface area (Å²) in [6, 6.07) is 13.2. The number of aliphatic carboxylic acids is 1. The molecular formula is C19H16N2O4. The zero-order valence-corrected chi connectivity index (χ0v) is 13.4. The van der Waals surface area contributed by atoms with Gasteiger partial charge in [-0.05, 0) is 42.2 Å². The van der Waals surface area contributed by atoms with Crippen LogP contribution in [0.2, 0.25) is 0 Å². The van der Waals surface area contributed by atoms with Gasteiger partial charge in [-0.1, -0.05) is 24.3 Å². The average Bonchev–Trinajstić information content (AvgIpc) is 3.15. The highest BCUT2D eigenvalue weighted by atomic mass is 16.4. The number of nitrogens with zero attached hydrogens (tertiary/aromatic N) is 1. The van der Waals surface area contributed by atoms with Crippen LogP contribution < -0.4 is 5.32 Å². The Bertz CT molecular complexity index is 951. The second-order valence-electron chi connectivity index (χ2n) is 6.21. The summed E-state index contributed by atoms with van der Waals surface area (Å²) >= 11 is 0. The second-order valence-corrected chi connectivity index (χ2v) is 6.21. The first-order valence-electron chi connectivity index (χ1n) is 8.07. The highest BCUT2D eigenvalue weighted by molar-refractivity contribution is 5.97. The standard InChI is InChI=1S/C19H16N2O4/c22-18(23)10-17-21-15-9-13(5-6-16(15)25-17)19(24)20-14-7-11-3-1-2-4-12(11)8-14/h1-6,9,14H,7-8,10H2,(H,20,24)(H,22,23). The molecule has 0 bridgehead atoms. The number of carboxylic acids is 1. The number of carbonyl (C=O) groups excluding carboxylic acids is 1. The molecular weight excluding hydrogens is 320 g/mol. The van der Waals surface area contributed by atoms with E-state index in [0.29, 0.717) is 16.7 Å². The Hall–Kier alpha value is -3.15. The minimum absolute atomic E-state index is 0.0838. The number of aromatic nitrogens is 1. The summed E-state index contributed by atoms with van der Waals surface area (Å²) in [6.45, 7) is 0. The predicted octanol–water partition coefficient (Wildman–Crippen LogP) is 2.35. The largest absolute Gasteiger partial charge is 0.481 e. The molecule has 0 unspecified atom stereocenters. The highest BCUT2D eigenvalue weighted by Gasteiger charge is 2.23. The van der Waals surface area contributed by atoms with E-state index in [1.54, 1.807) is 18.2 Å². The Balaban J connectivity index is 1.49. The second kappa shape index (κ2) is 6.05. The van der Waals surface area contributed by atoms with Gasteiger partial charge in [-0.15, -0.1) is 0 Å². The third kappa shape index (κ3) is 3.10. The van der Waals surface area contributed by atoms with Crippen molar-refractivity contribution >= 4 is 23.0 Å². The molecule has 25 heavy (non-hydrogen) atoms. The summed E-state index contributed by atoms with van der Waals surface area (Å²) in [7, 11) is 0. The first kappa shape index (κ1) is 15.4. The fraction of sp³-hybridized carbons (Fsp3) is 0.211. The summed E-state index contributed by atoms with van der Waals surface area (Å²) < 4.78 is 5.37. The van der Waals surface area contributed by atoms with E-state index in [1.807, 2.05) is 12.1 Å². The molecule has 0 spiro atoms. The lowest BCUT2D eigenvalue weighted by atomic mass is 10.1. The van der Waals surface area contributed by atoms with E-state index in [1.165, 1.54) is 11.1 Å². The first-order chi connectivity index (χ1) is 12.1. The Kier molecular flexibility index (Phi) is 3.72. The predicted molar refractivity (Wildman–Crippen MR) is 90.5 cm³/mol. The third-order valence-corrected chi connectivity index (χ3v) is 4.38. The number of nitrogens with one attached hydrogen (secondary N) is 1. The van der Waals surface area contributed by atoms with Crippen molar-refractivity contribution in [1.29, 1.82) is 0 Å². The van der Waals surface area contributed by atoms with Gasteiger partial charge in [0.05, 0.1) is 0 Å². The monoisotopic (exact) mass is 336 g/mol. The number of fused-ring (bicyclic) bond motifs is 2. The van der Waals surface area contributed by atoms with Gasteiger partial charge in [0.1, 0.15) is 11.9 Å². The summed E-state index contributed by atoms with van der Waals surface area (Å²) in [5.74, 6) is -1.04. The molecule has 0 radical (unpaired) electrons. The van der Waals surface area contributed by atoms with Crippen LogP contribution in [0.15, 0.2) is 46.9 Å². The average molecular weight is 336 g/mol. The molecule has 126 valence electrons. The fourth-order valence-electron chi connectivity index (χ4n) is 3.25. The molecule has 1 aliphatic carbocycles. The van der Waals surface area contributed by atoms with E-state index in [9.17, 15) is 9.59 Å². The van der Waals surface area contributed by atoms with Gasteiger partial charge >= 0.3 is 5.97 Å². The van der Waals surface area contributed by atoms with Crippen molar-refractivity contribution in [2.75, 3.05) is 0 Å². The van der Waals surface area contributed by atoms with Crippen molar-refractivity contribution in [2.45, 2.75) is 25.3 Å². The number of carbonyl (C=O) groups is 2. The van der Waals surface area contributed by atoms with E-state index < -0.39 is 5.97 Å². The number of benzene rings is 2. The zero-order valence-electron chi connectivity index (χ0n) is 13.4. The fourth-order valence-corrected chi connectivity index (χ4v) is 3.25. The summed E-state index contributed by atoms with van der Waals surface area (Å²) in [5, 5.41) is 11.9. The smallest absolute Gasteiger partial charge is 0.312 e. The molecule has 1 heterocycles. The Morgan fingerprint density at radius 1 is 1.16 bits per heavy atom. The molecule has 2 N–H and O–H groups in total. The molecule has 0 saturated heterocycles. The third-order valence-electron chi connectivity index (χ3n) is 4.38. The maximum atomic E-state index is 12.5. The molecule has 6 heteroatoms. The molecule has 0 fully saturated rings. The van der Waals surface area contributed by atoms with E-state index in [4.69, 9.17) is 9.52 Å². The minimum Gasteiger partial charge on any atom is -0.481 e. The molecule has 6 nitrogen and oxygen atoms in total. The number of hydrogen-bond acceptors (Lipinski definition) is 4. The van der Waals surface area contributed by atoms with Crippen molar-refractivity contribution in [3.05, 3.63) is 65.0 Å². The molecule has 0 atom stereocenters. The van der Waals surface area contributed by atoms with Crippen molar-refractivity contribution in [3.8, 4) is 0 Å². The van der Waals surface area contributed by atoms with Crippen LogP contribution in [0.3, 0.4) is 0 Å². The minimum atomic E-state index is -1.01. The quantitative estimate of drug-likeness (QED) is 0.763. The Morgan fingerprint density at radius 2 is 1.88 bits per heavy atom. The number of hydrogen-bond donors (Lipinski definition) is 2. The molecule has 1 amide bonds. The SMILES string of the molecule is O=C(O)Cc1nc2cc(C(=O)NC3Cc4ccccc4C3)ccc2o1. The lowest BCUT2D eigenvalue weighted by Gasteiger charge is -2.11. The van der Waals surface area contributed by atoms with Gasteiger partial charge in [-0.3, -0.25) is 9.59 Å². The lowest BCUT2D eigenvalue weighted by Crippen LogP contribution is -2.35. The van der Waals surface area contributed by atoms with Crippen LogP contribution in [0.4, 0.5) is 0 Å². The van der Waals surface area contributed by atoms with Gasteiger partial charge in [0.2, 0.25) is 5.89 Å². The van der Waals surface area contributed by atoms with Crippen LogP contribution in [0.1, 0.15) is 27.4 Å². The normalized spacial score (nSPS) is 13.8. The maximum absolute atomic E-state index is 12.5. The number of rotatable bonds is 4. The molecule has 4 rings (SSSR count).